The van der Waals surface area contributed by atoms with Crippen LogP contribution in [0.3, 0.4) is 0 Å². The first kappa shape index (κ1) is 15.1. The fraction of sp³-hybridized carbons (Fsp3) is 0.412. The van der Waals surface area contributed by atoms with Crippen molar-refractivity contribution in [2.75, 3.05) is 0 Å². The molecule has 108 valence electrons. The van der Waals surface area contributed by atoms with E-state index in [1.54, 1.807) is 11.3 Å². The van der Waals surface area contributed by atoms with Crippen molar-refractivity contribution in [1.29, 1.82) is 0 Å². The lowest BCUT2D eigenvalue weighted by atomic mass is 10.0. The summed E-state index contributed by atoms with van der Waals surface area (Å²) in [6.07, 6.45) is 0.828. The molecule has 0 radical (unpaired) electrons. The standard InChI is InChI=1S/C17H23NOS/c1-4-15(18)17(16-9-6-10-20-16)19-14-8-5-7-13(11-14)12(2)3/h5-12,15,17H,4,18H2,1-3H3. The average Bonchev–Trinajstić information content (AvgIpc) is 2.98. The van der Waals surface area contributed by atoms with Crippen LogP contribution in [0.1, 0.15) is 49.7 Å². The Kier molecular flexibility index (Phi) is 5.21. The Morgan fingerprint density at radius 3 is 2.60 bits per heavy atom. The summed E-state index contributed by atoms with van der Waals surface area (Å²) in [5.41, 5.74) is 7.53. The number of ether oxygens (including phenoxy) is 1. The number of hydrogen-bond acceptors (Lipinski definition) is 3. The zero-order valence-electron chi connectivity index (χ0n) is 12.4. The summed E-state index contributed by atoms with van der Waals surface area (Å²) in [7, 11) is 0. The van der Waals surface area contributed by atoms with Crippen molar-refractivity contribution in [3.63, 3.8) is 0 Å². The Labute approximate surface area is 125 Å². The van der Waals surface area contributed by atoms with Gasteiger partial charge in [0.1, 0.15) is 11.9 Å². The van der Waals surface area contributed by atoms with E-state index in [0.29, 0.717) is 5.92 Å². The third-order valence-corrected chi connectivity index (χ3v) is 4.41. The molecule has 0 saturated carbocycles. The number of benzene rings is 1. The van der Waals surface area contributed by atoms with Crippen LogP contribution in [0.5, 0.6) is 5.75 Å². The van der Waals surface area contributed by atoms with Gasteiger partial charge < -0.3 is 10.5 Å². The SMILES string of the molecule is CCC(N)C(Oc1cccc(C(C)C)c1)c1cccs1. The van der Waals surface area contributed by atoms with E-state index in [0.717, 1.165) is 12.2 Å². The van der Waals surface area contributed by atoms with Gasteiger partial charge in [-0.3, -0.25) is 0 Å². The first-order chi connectivity index (χ1) is 9.61. The maximum absolute atomic E-state index is 6.24. The van der Waals surface area contributed by atoms with Gasteiger partial charge in [0.05, 0.1) is 0 Å². The minimum atomic E-state index is -0.0672. The Bertz CT molecular complexity index is 522. The molecule has 2 atom stereocenters. The second-order valence-electron chi connectivity index (χ2n) is 5.35. The van der Waals surface area contributed by atoms with Gasteiger partial charge in [-0.15, -0.1) is 11.3 Å². The van der Waals surface area contributed by atoms with Gasteiger partial charge in [-0.25, -0.2) is 0 Å². The summed E-state index contributed by atoms with van der Waals surface area (Å²) in [6, 6.07) is 12.5. The molecule has 0 amide bonds. The molecule has 2 aromatic rings. The Morgan fingerprint density at radius 1 is 1.20 bits per heavy atom. The lowest BCUT2D eigenvalue weighted by Crippen LogP contribution is -2.30. The normalized spacial score (nSPS) is 14.2. The van der Waals surface area contributed by atoms with Crippen LogP contribution in [-0.2, 0) is 0 Å². The Morgan fingerprint density at radius 2 is 2.00 bits per heavy atom. The van der Waals surface area contributed by atoms with Crippen molar-refractivity contribution in [1.82, 2.24) is 0 Å². The van der Waals surface area contributed by atoms with Crippen molar-refractivity contribution in [3.05, 3.63) is 52.2 Å². The lowest BCUT2D eigenvalue weighted by Gasteiger charge is -2.24. The van der Waals surface area contributed by atoms with Gasteiger partial charge in [-0.1, -0.05) is 39.0 Å². The smallest absolute Gasteiger partial charge is 0.148 e. The molecule has 0 saturated heterocycles. The number of thiophene rings is 1. The van der Waals surface area contributed by atoms with Crippen molar-refractivity contribution >= 4 is 11.3 Å². The second-order valence-corrected chi connectivity index (χ2v) is 6.33. The van der Waals surface area contributed by atoms with Crippen LogP contribution in [-0.4, -0.2) is 6.04 Å². The Balaban J connectivity index is 2.22. The van der Waals surface area contributed by atoms with Crippen molar-refractivity contribution in [3.8, 4) is 5.75 Å². The molecule has 1 heterocycles. The highest BCUT2D eigenvalue weighted by Gasteiger charge is 2.21. The highest BCUT2D eigenvalue weighted by Crippen LogP contribution is 2.30. The van der Waals surface area contributed by atoms with Crippen LogP contribution in [0.25, 0.3) is 0 Å². The summed E-state index contributed by atoms with van der Waals surface area (Å²) >= 11 is 1.70. The fourth-order valence-corrected chi connectivity index (χ4v) is 2.95. The topological polar surface area (TPSA) is 35.2 Å². The summed E-state index contributed by atoms with van der Waals surface area (Å²) in [4.78, 5) is 1.19. The maximum atomic E-state index is 6.24. The minimum absolute atomic E-state index is 0.0105. The molecular weight excluding hydrogens is 266 g/mol. The minimum Gasteiger partial charge on any atom is -0.483 e. The number of nitrogens with two attached hydrogens (primary N) is 1. The van der Waals surface area contributed by atoms with Crippen LogP contribution in [0.15, 0.2) is 41.8 Å². The molecule has 2 N–H and O–H groups in total. The third kappa shape index (κ3) is 3.62. The fourth-order valence-electron chi connectivity index (χ4n) is 2.12. The summed E-state index contributed by atoms with van der Waals surface area (Å²) in [5.74, 6) is 1.40. The molecule has 2 rings (SSSR count). The quantitative estimate of drug-likeness (QED) is 0.834. The zero-order valence-corrected chi connectivity index (χ0v) is 13.2. The van der Waals surface area contributed by atoms with E-state index in [4.69, 9.17) is 10.5 Å². The second kappa shape index (κ2) is 6.91. The highest BCUT2D eigenvalue weighted by molar-refractivity contribution is 7.10. The van der Waals surface area contributed by atoms with Crippen molar-refractivity contribution in [2.45, 2.75) is 45.3 Å². The maximum Gasteiger partial charge on any atom is 0.148 e. The monoisotopic (exact) mass is 289 g/mol. The third-order valence-electron chi connectivity index (χ3n) is 3.47. The molecule has 0 spiro atoms. The van der Waals surface area contributed by atoms with Crippen LogP contribution in [0, 0.1) is 0 Å². The molecule has 3 heteroatoms. The van der Waals surface area contributed by atoms with E-state index in [1.807, 2.05) is 18.2 Å². The summed E-state index contributed by atoms with van der Waals surface area (Å²) in [5, 5.41) is 2.07. The number of rotatable bonds is 6. The van der Waals surface area contributed by atoms with E-state index < -0.39 is 0 Å². The van der Waals surface area contributed by atoms with Gasteiger partial charge in [0.25, 0.3) is 0 Å². The van der Waals surface area contributed by atoms with Gasteiger partial charge >= 0.3 is 0 Å². The molecule has 0 aliphatic carbocycles. The molecule has 20 heavy (non-hydrogen) atoms. The van der Waals surface area contributed by atoms with E-state index in [-0.39, 0.29) is 12.1 Å². The summed E-state index contributed by atoms with van der Waals surface area (Å²) < 4.78 is 6.19. The molecule has 2 nitrogen and oxygen atoms in total. The molecule has 1 aromatic carbocycles. The first-order valence-corrected chi connectivity index (χ1v) is 8.05. The zero-order chi connectivity index (χ0) is 14.5. The van der Waals surface area contributed by atoms with Gasteiger partial charge in [0.2, 0.25) is 0 Å². The van der Waals surface area contributed by atoms with Crippen LogP contribution < -0.4 is 10.5 Å². The molecular formula is C17H23NOS. The van der Waals surface area contributed by atoms with E-state index >= 15 is 0 Å². The molecule has 2 unspecified atom stereocenters. The molecule has 0 fully saturated rings. The van der Waals surface area contributed by atoms with E-state index in [1.165, 1.54) is 10.4 Å². The predicted molar refractivity (Wildman–Crippen MR) is 86.5 cm³/mol. The lowest BCUT2D eigenvalue weighted by molar-refractivity contribution is 0.174. The molecule has 0 bridgehead atoms. The van der Waals surface area contributed by atoms with Crippen LogP contribution in [0.2, 0.25) is 0 Å². The van der Waals surface area contributed by atoms with Gasteiger partial charge in [-0.2, -0.15) is 0 Å². The van der Waals surface area contributed by atoms with E-state index in [9.17, 15) is 0 Å². The predicted octanol–water partition coefficient (Wildman–Crippen LogP) is 4.73. The molecule has 0 aliphatic heterocycles. The Hall–Kier alpha value is -1.32. The number of hydrogen-bond donors (Lipinski definition) is 1. The van der Waals surface area contributed by atoms with Gasteiger partial charge in [0, 0.05) is 10.9 Å². The van der Waals surface area contributed by atoms with Crippen LogP contribution >= 0.6 is 11.3 Å². The highest BCUT2D eigenvalue weighted by atomic mass is 32.1. The summed E-state index contributed by atoms with van der Waals surface area (Å²) in [6.45, 7) is 6.47. The van der Waals surface area contributed by atoms with Gasteiger partial charge in [0.15, 0.2) is 0 Å². The molecule has 1 aromatic heterocycles. The average molecular weight is 289 g/mol. The van der Waals surface area contributed by atoms with Crippen LogP contribution in [0.4, 0.5) is 0 Å². The largest absolute Gasteiger partial charge is 0.483 e. The van der Waals surface area contributed by atoms with Crippen molar-refractivity contribution in [2.24, 2.45) is 5.73 Å². The van der Waals surface area contributed by atoms with E-state index in [2.05, 4.69) is 44.4 Å². The van der Waals surface area contributed by atoms with Crippen molar-refractivity contribution < 1.29 is 4.74 Å². The first-order valence-electron chi connectivity index (χ1n) is 7.17. The molecule has 0 aliphatic rings. The van der Waals surface area contributed by atoms with Gasteiger partial charge in [-0.05, 0) is 41.5 Å².